The summed E-state index contributed by atoms with van der Waals surface area (Å²) in [6.45, 7) is 2.01. The maximum Gasteiger partial charge on any atom is 0.264 e. The number of amides is 1. The first-order valence-corrected chi connectivity index (χ1v) is 11.5. The molecule has 0 radical (unpaired) electrons. The monoisotopic (exact) mass is 434 g/mol. The standard InChI is InChI=1S/C22H27FN2O4S/c1-3-29-20-12-10-19(11-13-20)25(16-22(26)24(2)18-6-4-5-7-18)30(27,28)21-14-8-17(23)9-15-21/h8-15,18H,3-7,16H2,1-2H3. The SMILES string of the molecule is CCOc1ccc(N(CC(=O)N(C)C2CCCC2)S(=O)(=O)c2ccc(F)cc2)cc1. The van der Waals surface area contributed by atoms with Crippen LogP contribution in [0, 0.1) is 5.82 Å². The minimum Gasteiger partial charge on any atom is -0.494 e. The highest BCUT2D eigenvalue weighted by atomic mass is 32.2. The molecule has 6 nitrogen and oxygen atoms in total. The molecule has 8 heteroatoms. The molecule has 0 aromatic heterocycles. The average Bonchev–Trinajstić information content (AvgIpc) is 3.27. The highest BCUT2D eigenvalue weighted by molar-refractivity contribution is 7.92. The molecule has 1 fully saturated rings. The summed E-state index contributed by atoms with van der Waals surface area (Å²) in [5.74, 6) is -0.199. The first kappa shape index (κ1) is 22.1. The normalized spacial score (nSPS) is 14.5. The van der Waals surface area contributed by atoms with E-state index in [0.29, 0.717) is 18.0 Å². The van der Waals surface area contributed by atoms with Gasteiger partial charge in [0.05, 0.1) is 17.2 Å². The molecule has 0 atom stereocenters. The fourth-order valence-corrected chi connectivity index (χ4v) is 5.07. The molecule has 1 aliphatic carbocycles. The van der Waals surface area contributed by atoms with Crippen molar-refractivity contribution in [3.63, 3.8) is 0 Å². The summed E-state index contributed by atoms with van der Waals surface area (Å²) in [7, 11) is -2.35. The highest BCUT2D eigenvalue weighted by Crippen LogP contribution is 2.27. The number of rotatable bonds is 8. The lowest BCUT2D eigenvalue weighted by Gasteiger charge is -2.29. The van der Waals surface area contributed by atoms with Gasteiger partial charge >= 0.3 is 0 Å². The number of halogens is 1. The predicted octanol–water partition coefficient (Wildman–Crippen LogP) is 3.82. The molecule has 1 saturated carbocycles. The summed E-state index contributed by atoms with van der Waals surface area (Å²) in [5, 5.41) is 0. The Bertz CT molecular complexity index is 956. The number of likely N-dealkylation sites (N-methyl/N-ethyl adjacent to an activating group) is 1. The van der Waals surface area contributed by atoms with Gasteiger partial charge in [-0.25, -0.2) is 12.8 Å². The van der Waals surface area contributed by atoms with Gasteiger partial charge in [0, 0.05) is 13.1 Å². The topological polar surface area (TPSA) is 66.9 Å². The predicted molar refractivity (Wildman–Crippen MR) is 114 cm³/mol. The second kappa shape index (κ2) is 9.47. The van der Waals surface area contributed by atoms with Crippen LogP contribution < -0.4 is 9.04 Å². The van der Waals surface area contributed by atoms with Crippen LogP contribution in [0.2, 0.25) is 0 Å². The van der Waals surface area contributed by atoms with Gasteiger partial charge in [-0.1, -0.05) is 12.8 Å². The zero-order chi connectivity index (χ0) is 21.7. The second-order valence-corrected chi connectivity index (χ2v) is 9.20. The van der Waals surface area contributed by atoms with Crippen LogP contribution in [0.4, 0.5) is 10.1 Å². The van der Waals surface area contributed by atoms with E-state index in [1.807, 2.05) is 6.92 Å². The van der Waals surface area contributed by atoms with Gasteiger partial charge in [-0.05, 0) is 68.3 Å². The van der Waals surface area contributed by atoms with Crippen molar-refractivity contribution in [1.29, 1.82) is 0 Å². The average molecular weight is 435 g/mol. The van der Waals surface area contributed by atoms with E-state index in [0.717, 1.165) is 42.1 Å². The van der Waals surface area contributed by atoms with E-state index in [1.54, 1.807) is 36.2 Å². The summed E-state index contributed by atoms with van der Waals surface area (Å²) in [6.07, 6.45) is 3.99. The van der Waals surface area contributed by atoms with Crippen molar-refractivity contribution in [2.75, 3.05) is 24.5 Å². The first-order valence-electron chi connectivity index (χ1n) is 10.1. The van der Waals surface area contributed by atoms with E-state index in [2.05, 4.69) is 0 Å². The van der Waals surface area contributed by atoms with Gasteiger partial charge in [0.25, 0.3) is 10.0 Å². The maximum absolute atomic E-state index is 13.3. The van der Waals surface area contributed by atoms with Crippen LogP contribution in [0.5, 0.6) is 5.75 Å². The number of carbonyl (C=O) groups excluding carboxylic acids is 1. The first-order chi connectivity index (χ1) is 14.3. The van der Waals surface area contributed by atoms with Crippen molar-refractivity contribution < 1.29 is 22.3 Å². The van der Waals surface area contributed by atoms with E-state index in [9.17, 15) is 17.6 Å². The molecule has 30 heavy (non-hydrogen) atoms. The van der Waals surface area contributed by atoms with E-state index in [-0.39, 0.29) is 23.4 Å². The molecule has 0 bridgehead atoms. The van der Waals surface area contributed by atoms with Gasteiger partial charge in [-0.2, -0.15) is 0 Å². The third kappa shape index (κ3) is 4.92. The minimum atomic E-state index is -4.07. The molecule has 0 aliphatic heterocycles. The van der Waals surface area contributed by atoms with E-state index in [4.69, 9.17) is 4.74 Å². The molecule has 0 spiro atoms. The number of ether oxygens (including phenoxy) is 1. The minimum absolute atomic E-state index is 0.0749. The Morgan fingerprint density at radius 2 is 1.67 bits per heavy atom. The van der Waals surface area contributed by atoms with Gasteiger partial charge in [0.15, 0.2) is 0 Å². The van der Waals surface area contributed by atoms with Crippen molar-refractivity contribution in [1.82, 2.24) is 4.90 Å². The Balaban J connectivity index is 1.93. The molecule has 162 valence electrons. The summed E-state index contributed by atoms with van der Waals surface area (Å²) in [6, 6.07) is 11.3. The Kier molecular flexibility index (Phi) is 6.97. The molecule has 3 rings (SSSR count). The van der Waals surface area contributed by atoms with Crippen molar-refractivity contribution in [3.05, 3.63) is 54.3 Å². The van der Waals surface area contributed by atoms with Crippen molar-refractivity contribution in [3.8, 4) is 5.75 Å². The van der Waals surface area contributed by atoms with Crippen molar-refractivity contribution in [2.45, 2.75) is 43.5 Å². The summed E-state index contributed by atoms with van der Waals surface area (Å²) >= 11 is 0. The van der Waals surface area contributed by atoms with Crippen LogP contribution in [0.25, 0.3) is 0 Å². The second-order valence-electron chi connectivity index (χ2n) is 7.34. The lowest BCUT2D eigenvalue weighted by molar-refractivity contribution is -0.130. The highest BCUT2D eigenvalue weighted by Gasteiger charge is 2.31. The number of anilines is 1. The van der Waals surface area contributed by atoms with Crippen LogP contribution in [0.1, 0.15) is 32.6 Å². The number of sulfonamides is 1. The quantitative estimate of drug-likeness (QED) is 0.634. The van der Waals surface area contributed by atoms with E-state index >= 15 is 0 Å². The molecule has 0 saturated heterocycles. The third-order valence-corrected chi connectivity index (χ3v) is 7.17. The third-order valence-electron chi connectivity index (χ3n) is 5.38. The van der Waals surface area contributed by atoms with Crippen LogP contribution in [-0.2, 0) is 14.8 Å². The lowest BCUT2D eigenvalue weighted by Crippen LogP contribution is -2.44. The molecule has 0 heterocycles. The van der Waals surface area contributed by atoms with E-state index < -0.39 is 15.8 Å². The van der Waals surface area contributed by atoms with Gasteiger partial charge in [-0.15, -0.1) is 0 Å². The van der Waals surface area contributed by atoms with Crippen LogP contribution in [-0.4, -0.2) is 45.5 Å². The van der Waals surface area contributed by atoms with Crippen LogP contribution in [0.3, 0.4) is 0 Å². The Morgan fingerprint density at radius 1 is 1.07 bits per heavy atom. The Morgan fingerprint density at radius 3 is 2.23 bits per heavy atom. The number of hydrogen-bond donors (Lipinski definition) is 0. The van der Waals surface area contributed by atoms with Gasteiger partial charge in [0.2, 0.25) is 5.91 Å². The molecule has 2 aromatic carbocycles. The zero-order valence-corrected chi connectivity index (χ0v) is 18.1. The number of benzene rings is 2. The van der Waals surface area contributed by atoms with Crippen molar-refractivity contribution >= 4 is 21.6 Å². The molecule has 2 aromatic rings. The molecule has 1 aliphatic rings. The van der Waals surface area contributed by atoms with Crippen LogP contribution >= 0.6 is 0 Å². The van der Waals surface area contributed by atoms with Gasteiger partial charge < -0.3 is 9.64 Å². The van der Waals surface area contributed by atoms with Gasteiger partial charge in [0.1, 0.15) is 18.1 Å². The summed E-state index contributed by atoms with van der Waals surface area (Å²) in [4.78, 5) is 14.5. The van der Waals surface area contributed by atoms with Gasteiger partial charge in [-0.3, -0.25) is 9.10 Å². The summed E-state index contributed by atoms with van der Waals surface area (Å²) < 4.78 is 46.5. The Hall–Kier alpha value is -2.61. The molecule has 0 N–H and O–H groups in total. The number of carbonyl (C=O) groups is 1. The molecule has 1 amide bonds. The summed E-state index contributed by atoms with van der Waals surface area (Å²) in [5.41, 5.74) is 0.343. The fourth-order valence-electron chi connectivity index (χ4n) is 3.65. The Labute approximate surface area is 177 Å². The number of nitrogens with zero attached hydrogens (tertiary/aromatic N) is 2. The van der Waals surface area contributed by atoms with Crippen molar-refractivity contribution in [2.24, 2.45) is 0 Å². The number of hydrogen-bond acceptors (Lipinski definition) is 4. The molecule has 0 unspecified atom stereocenters. The largest absolute Gasteiger partial charge is 0.494 e. The smallest absolute Gasteiger partial charge is 0.264 e. The maximum atomic E-state index is 13.3. The zero-order valence-electron chi connectivity index (χ0n) is 17.3. The molecular weight excluding hydrogens is 407 g/mol. The van der Waals surface area contributed by atoms with Crippen LogP contribution in [0.15, 0.2) is 53.4 Å². The molecular formula is C22H27FN2O4S. The van der Waals surface area contributed by atoms with E-state index in [1.165, 1.54) is 12.1 Å². The lowest BCUT2D eigenvalue weighted by atomic mass is 10.2. The fraction of sp³-hybridized carbons (Fsp3) is 0.409.